The fourth-order valence-corrected chi connectivity index (χ4v) is 2.52. The molecule has 0 heterocycles. The van der Waals surface area contributed by atoms with Gasteiger partial charge in [-0.15, -0.1) is 11.8 Å². The van der Waals surface area contributed by atoms with E-state index >= 15 is 0 Å². The molecule has 0 aromatic carbocycles. The molecule has 3 nitrogen and oxygen atoms in total. The van der Waals surface area contributed by atoms with Gasteiger partial charge in [-0.2, -0.15) is 0 Å². The molecule has 24 heavy (non-hydrogen) atoms. The molecule has 0 N–H and O–H groups in total. The predicted molar refractivity (Wildman–Crippen MR) is 104 cm³/mol. The normalized spacial score (nSPS) is 10.2. The number of alkyl halides is 1. The van der Waals surface area contributed by atoms with Crippen molar-refractivity contribution in [3.05, 3.63) is 0 Å². The molecule has 0 aliphatic heterocycles. The lowest BCUT2D eigenvalue weighted by molar-refractivity contribution is -0.143. The van der Waals surface area contributed by atoms with Crippen molar-refractivity contribution in [2.24, 2.45) is 0 Å². The van der Waals surface area contributed by atoms with Gasteiger partial charge in [0.05, 0.1) is 13.2 Å². The highest BCUT2D eigenvalue weighted by Gasteiger charge is 2.02. The van der Waals surface area contributed by atoms with Gasteiger partial charge in [0.25, 0.3) is 0 Å². The summed E-state index contributed by atoms with van der Waals surface area (Å²) in [5, 5.41) is 1.08. The molecule has 0 unspecified atom stereocenters. The van der Waals surface area contributed by atoms with E-state index in [2.05, 4.69) is 34.7 Å². The van der Waals surface area contributed by atoms with Crippen molar-refractivity contribution < 1.29 is 14.3 Å². The molecule has 0 saturated carbocycles. The van der Waals surface area contributed by atoms with Gasteiger partial charge < -0.3 is 9.47 Å². The van der Waals surface area contributed by atoms with Gasteiger partial charge in [0.1, 0.15) is 0 Å². The number of ether oxygens (including phenoxy) is 2. The maximum atomic E-state index is 11.6. The lowest BCUT2D eigenvalue weighted by Gasteiger charge is -2.05. The summed E-state index contributed by atoms with van der Waals surface area (Å²) >= 11 is 3.43. The van der Waals surface area contributed by atoms with Crippen LogP contribution in [0.2, 0.25) is 0 Å². The number of esters is 1. The number of hydrogen-bond acceptors (Lipinski definition) is 3. The van der Waals surface area contributed by atoms with E-state index in [-0.39, 0.29) is 5.97 Å². The summed E-state index contributed by atoms with van der Waals surface area (Å²) in [6.45, 7) is 4.14. The van der Waals surface area contributed by atoms with Crippen LogP contribution in [0.25, 0.3) is 0 Å². The van der Waals surface area contributed by atoms with E-state index in [9.17, 15) is 4.79 Å². The van der Waals surface area contributed by atoms with Crippen molar-refractivity contribution in [3.8, 4) is 11.8 Å². The maximum Gasteiger partial charge on any atom is 0.305 e. The summed E-state index contributed by atoms with van der Waals surface area (Å²) in [6.07, 6.45) is 12.3. The highest BCUT2D eigenvalue weighted by Crippen LogP contribution is 2.05. The summed E-state index contributed by atoms with van der Waals surface area (Å²) in [6, 6.07) is 0. The van der Waals surface area contributed by atoms with E-state index < -0.39 is 0 Å². The van der Waals surface area contributed by atoms with Crippen LogP contribution in [0.15, 0.2) is 0 Å². The fraction of sp³-hybridized carbons (Fsp3) is 0.850. The minimum Gasteiger partial charge on any atom is -0.466 e. The summed E-state index contributed by atoms with van der Waals surface area (Å²) in [4.78, 5) is 11.6. The highest BCUT2D eigenvalue weighted by molar-refractivity contribution is 9.09. The standard InChI is InChI=1S/C20H35BrO3/c1-2-3-4-5-8-12-17-23-18-14-10-15-20(22)24-19-13-9-6-7-11-16-21/h2-4,6-7,9-19H2,1H3. The predicted octanol–water partition coefficient (Wildman–Crippen LogP) is 5.65. The van der Waals surface area contributed by atoms with Gasteiger partial charge in [-0.3, -0.25) is 4.79 Å². The van der Waals surface area contributed by atoms with Crippen LogP contribution in [-0.2, 0) is 14.3 Å². The van der Waals surface area contributed by atoms with Gasteiger partial charge >= 0.3 is 5.97 Å². The van der Waals surface area contributed by atoms with Crippen LogP contribution < -0.4 is 0 Å². The van der Waals surface area contributed by atoms with Gasteiger partial charge in [0, 0.05) is 31.2 Å². The van der Waals surface area contributed by atoms with E-state index in [4.69, 9.17) is 9.47 Å². The summed E-state index contributed by atoms with van der Waals surface area (Å²) in [5.74, 6) is 6.20. The second-order valence-corrected chi connectivity index (χ2v) is 6.75. The van der Waals surface area contributed by atoms with Crippen LogP contribution in [0.3, 0.4) is 0 Å². The van der Waals surface area contributed by atoms with Crippen molar-refractivity contribution >= 4 is 21.9 Å². The fourth-order valence-electron chi connectivity index (χ4n) is 2.13. The first-order chi connectivity index (χ1) is 11.8. The third-order valence-corrected chi connectivity index (χ3v) is 4.17. The smallest absolute Gasteiger partial charge is 0.305 e. The molecule has 4 heteroatoms. The minimum atomic E-state index is -0.0720. The van der Waals surface area contributed by atoms with Crippen LogP contribution in [0.4, 0.5) is 0 Å². The zero-order valence-corrected chi connectivity index (χ0v) is 17.0. The van der Waals surface area contributed by atoms with Crippen molar-refractivity contribution in [2.45, 2.75) is 84.0 Å². The summed E-state index contributed by atoms with van der Waals surface area (Å²) < 4.78 is 10.7. The van der Waals surface area contributed by atoms with Gasteiger partial charge in [0.2, 0.25) is 0 Å². The second-order valence-electron chi connectivity index (χ2n) is 5.95. The molecule has 0 amide bonds. The molecule has 0 aromatic rings. The zero-order chi connectivity index (χ0) is 17.7. The van der Waals surface area contributed by atoms with Gasteiger partial charge in [0.15, 0.2) is 0 Å². The van der Waals surface area contributed by atoms with Crippen LogP contribution in [0, 0.1) is 11.8 Å². The molecular formula is C20H35BrO3. The Morgan fingerprint density at radius 1 is 0.833 bits per heavy atom. The molecule has 0 radical (unpaired) electrons. The van der Waals surface area contributed by atoms with Crippen molar-refractivity contribution in [3.63, 3.8) is 0 Å². The Hall–Kier alpha value is -0.530. The highest BCUT2D eigenvalue weighted by atomic mass is 79.9. The third kappa shape index (κ3) is 19.5. The molecule has 0 rings (SSSR count). The Labute approximate surface area is 157 Å². The van der Waals surface area contributed by atoms with Crippen LogP contribution in [-0.4, -0.2) is 31.1 Å². The monoisotopic (exact) mass is 402 g/mol. The van der Waals surface area contributed by atoms with E-state index in [0.29, 0.717) is 26.2 Å². The van der Waals surface area contributed by atoms with E-state index in [1.165, 1.54) is 32.1 Å². The Balaban J connectivity index is 3.21. The number of hydrogen-bond donors (Lipinski definition) is 0. The maximum absolute atomic E-state index is 11.6. The van der Waals surface area contributed by atoms with E-state index in [1.807, 2.05) is 0 Å². The first-order valence-electron chi connectivity index (χ1n) is 9.56. The number of rotatable bonds is 16. The number of carbonyl (C=O) groups is 1. The van der Waals surface area contributed by atoms with Gasteiger partial charge in [-0.25, -0.2) is 0 Å². The zero-order valence-electron chi connectivity index (χ0n) is 15.4. The molecule has 0 spiro atoms. The minimum absolute atomic E-state index is 0.0720. The van der Waals surface area contributed by atoms with E-state index in [1.54, 1.807) is 0 Å². The molecule has 0 bridgehead atoms. The van der Waals surface area contributed by atoms with Crippen LogP contribution in [0.5, 0.6) is 0 Å². The Morgan fingerprint density at radius 2 is 1.54 bits per heavy atom. The Kier molecular flexibility index (Phi) is 20.1. The lowest BCUT2D eigenvalue weighted by atomic mass is 10.2. The molecule has 140 valence electrons. The number of carbonyl (C=O) groups excluding carboxylic acids is 1. The van der Waals surface area contributed by atoms with Crippen LogP contribution >= 0.6 is 15.9 Å². The quantitative estimate of drug-likeness (QED) is 0.145. The molecule has 0 aliphatic carbocycles. The van der Waals surface area contributed by atoms with E-state index in [0.717, 1.165) is 43.9 Å². The van der Waals surface area contributed by atoms with Crippen molar-refractivity contribution in [1.82, 2.24) is 0 Å². The Morgan fingerprint density at radius 3 is 2.33 bits per heavy atom. The molecule has 0 atom stereocenters. The first-order valence-corrected chi connectivity index (χ1v) is 10.7. The van der Waals surface area contributed by atoms with Crippen molar-refractivity contribution in [2.75, 3.05) is 25.2 Å². The topological polar surface area (TPSA) is 35.5 Å². The molecule has 0 saturated heterocycles. The lowest BCUT2D eigenvalue weighted by Crippen LogP contribution is -2.06. The number of unbranched alkanes of at least 4 members (excludes halogenated alkanes) is 7. The molecular weight excluding hydrogens is 368 g/mol. The second kappa shape index (κ2) is 20.5. The van der Waals surface area contributed by atoms with Gasteiger partial charge in [-0.1, -0.05) is 48.5 Å². The molecule has 0 aliphatic rings. The van der Waals surface area contributed by atoms with Crippen LogP contribution in [0.1, 0.15) is 84.0 Å². The molecule has 0 fully saturated rings. The average molecular weight is 403 g/mol. The van der Waals surface area contributed by atoms with Gasteiger partial charge in [-0.05, 0) is 32.1 Å². The number of halogens is 1. The Bertz CT molecular complexity index is 334. The molecule has 0 aromatic heterocycles. The largest absolute Gasteiger partial charge is 0.466 e. The SMILES string of the molecule is CCCCC#CCCOCCCCC(=O)OCCCCCCCBr. The third-order valence-electron chi connectivity index (χ3n) is 3.61. The summed E-state index contributed by atoms with van der Waals surface area (Å²) in [7, 11) is 0. The van der Waals surface area contributed by atoms with Crippen molar-refractivity contribution in [1.29, 1.82) is 0 Å². The first kappa shape index (κ1) is 23.5. The summed E-state index contributed by atoms with van der Waals surface area (Å²) in [5.41, 5.74) is 0. The average Bonchev–Trinajstić information content (AvgIpc) is 2.59.